The van der Waals surface area contributed by atoms with Crippen molar-refractivity contribution in [1.29, 1.82) is 0 Å². The molecule has 0 spiro atoms. The Kier molecular flexibility index (Phi) is 23.2. The Morgan fingerprint density at radius 3 is 1.45 bits per heavy atom. The van der Waals surface area contributed by atoms with Gasteiger partial charge in [-0.1, -0.05) is 104 Å². The number of hydrogen-bond acceptors (Lipinski definition) is 5. The highest BCUT2D eigenvalue weighted by Gasteiger charge is 2.13. The van der Waals surface area contributed by atoms with Gasteiger partial charge in [0.15, 0.2) is 0 Å². The fourth-order valence-electron chi connectivity index (χ4n) is 3.75. The Hall–Kier alpha value is -1.10. The second-order valence-corrected chi connectivity index (χ2v) is 9.58. The van der Waals surface area contributed by atoms with E-state index >= 15 is 0 Å². The van der Waals surface area contributed by atoms with E-state index in [-0.39, 0.29) is 30.8 Å². The first kappa shape index (κ1) is 31.9. The molecule has 0 aromatic rings. The monoisotopic (exact) mass is 470 g/mol. The third-order valence-corrected chi connectivity index (χ3v) is 5.90. The molecule has 2 atom stereocenters. The molecule has 5 heteroatoms. The van der Waals surface area contributed by atoms with E-state index in [0.717, 1.165) is 25.7 Å². The van der Waals surface area contributed by atoms with Crippen molar-refractivity contribution in [3.63, 3.8) is 0 Å². The SMILES string of the molecule is CCCCCCCCCCC(=O)OCC(C)OCC(C)OC(=O)CCCCCCCCCC. The molecule has 0 aromatic heterocycles. The van der Waals surface area contributed by atoms with Gasteiger partial charge in [0.25, 0.3) is 0 Å². The fraction of sp³-hybridized carbons (Fsp3) is 0.929. The zero-order valence-electron chi connectivity index (χ0n) is 22.3. The maximum absolute atomic E-state index is 12.0. The summed E-state index contributed by atoms with van der Waals surface area (Å²) >= 11 is 0. The molecule has 0 rings (SSSR count). The molecule has 0 saturated heterocycles. The van der Waals surface area contributed by atoms with E-state index in [1.54, 1.807) is 0 Å². The van der Waals surface area contributed by atoms with Crippen LogP contribution < -0.4 is 0 Å². The molecule has 0 heterocycles. The predicted octanol–water partition coefficient (Wildman–Crippen LogP) is 7.93. The molecule has 0 saturated carbocycles. The Balaban J connectivity index is 3.59. The van der Waals surface area contributed by atoms with E-state index in [0.29, 0.717) is 19.4 Å². The van der Waals surface area contributed by atoms with Gasteiger partial charge in [0, 0.05) is 12.8 Å². The summed E-state index contributed by atoms with van der Waals surface area (Å²) in [7, 11) is 0. The normalized spacial score (nSPS) is 13.0. The third kappa shape index (κ3) is 23.8. The van der Waals surface area contributed by atoms with E-state index in [2.05, 4.69) is 13.8 Å². The number of carbonyl (C=O) groups is 2. The van der Waals surface area contributed by atoms with Crippen molar-refractivity contribution in [3.05, 3.63) is 0 Å². The Morgan fingerprint density at radius 1 is 0.545 bits per heavy atom. The molecule has 0 fully saturated rings. The van der Waals surface area contributed by atoms with Crippen LogP contribution in [0.1, 0.15) is 143 Å². The van der Waals surface area contributed by atoms with Gasteiger partial charge in [0.2, 0.25) is 0 Å². The second-order valence-electron chi connectivity index (χ2n) is 9.58. The van der Waals surface area contributed by atoms with Gasteiger partial charge in [-0.3, -0.25) is 9.59 Å². The highest BCUT2D eigenvalue weighted by Crippen LogP contribution is 2.11. The van der Waals surface area contributed by atoms with Gasteiger partial charge in [-0.25, -0.2) is 0 Å². The van der Waals surface area contributed by atoms with Crippen LogP contribution in [-0.4, -0.2) is 37.4 Å². The minimum atomic E-state index is -0.290. The molecule has 0 aromatic carbocycles. The van der Waals surface area contributed by atoms with Gasteiger partial charge in [-0.05, 0) is 26.7 Å². The first-order chi connectivity index (χ1) is 16.0. The van der Waals surface area contributed by atoms with Gasteiger partial charge in [-0.15, -0.1) is 0 Å². The zero-order valence-corrected chi connectivity index (χ0v) is 22.3. The summed E-state index contributed by atoms with van der Waals surface area (Å²) in [6, 6.07) is 0. The average molecular weight is 471 g/mol. The van der Waals surface area contributed by atoms with Gasteiger partial charge in [0.1, 0.15) is 12.7 Å². The summed E-state index contributed by atoms with van der Waals surface area (Å²) in [4.78, 5) is 23.8. The van der Waals surface area contributed by atoms with Crippen LogP contribution in [0.3, 0.4) is 0 Å². The van der Waals surface area contributed by atoms with E-state index in [9.17, 15) is 9.59 Å². The zero-order chi connectivity index (χ0) is 24.6. The van der Waals surface area contributed by atoms with Crippen LogP contribution in [0, 0.1) is 0 Å². The molecule has 5 nitrogen and oxygen atoms in total. The van der Waals surface area contributed by atoms with E-state index in [1.807, 2.05) is 13.8 Å². The Labute approximate surface area is 204 Å². The van der Waals surface area contributed by atoms with Gasteiger partial charge in [0.05, 0.1) is 12.7 Å². The molecule has 0 radical (unpaired) electrons. The first-order valence-corrected chi connectivity index (χ1v) is 14.0. The lowest BCUT2D eigenvalue weighted by atomic mass is 10.1. The van der Waals surface area contributed by atoms with E-state index in [1.165, 1.54) is 77.0 Å². The Bertz CT molecular complexity index is 452. The van der Waals surface area contributed by atoms with Crippen LogP contribution in [0.4, 0.5) is 0 Å². The summed E-state index contributed by atoms with van der Waals surface area (Å²) in [6.45, 7) is 8.73. The van der Waals surface area contributed by atoms with Crippen LogP contribution in [0.2, 0.25) is 0 Å². The number of ether oxygens (including phenoxy) is 3. The van der Waals surface area contributed by atoms with Gasteiger partial charge >= 0.3 is 11.9 Å². The smallest absolute Gasteiger partial charge is 0.306 e. The fourth-order valence-corrected chi connectivity index (χ4v) is 3.75. The van der Waals surface area contributed by atoms with Crippen molar-refractivity contribution in [3.8, 4) is 0 Å². The summed E-state index contributed by atoms with van der Waals surface area (Å²) in [5.41, 5.74) is 0. The minimum absolute atomic E-state index is 0.151. The standard InChI is InChI=1S/C28H54O5/c1-5-7-9-11-13-15-17-19-21-27(29)32-23-25(3)31-24-26(4)33-28(30)22-20-18-16-14-12-10-8-6-2/h25-26H,5-24H2,1-4H3. The molecule has 0 bridgehead atoms. The average Bonchev–Trinajstić information content (AvgIpc) is 2.79. The minimum Gasteiger partial charge on any atom is -0.463 e. The van der Waals surface area contributed by atoms with Crippen LogP contribution in [0.25, 0.3) is 0 Å². The van der Waals surface area contributed by atoms with Crippen molar-refractivity contribution in [2.75, 3.05) is 13.2 Å². The highest BCUT2D eigenvalue weighted by molar-refractivity contribution is 5.69. The molecular formula is C28H54O5. The number of rotatable bonds is 24. The number of esters is 2. The summed E-state index contributed by atoms with van der Waals surface area (Å²) in [5.74, 6) is -0.303. The van der Waals surface area contributed by atoms with Gasteiger partial charge in [-0.2, -0.15) is 0 Å². The van der Waals surface area contributed by atoms with Crippen LogP contribution in [-0.2, 0) is 23.8 Å². The molecule has 0 amide bonds. The quantitative estimate of drug-likeness (QED) is 0.106. The summed E-state index contributed by atoms with van der Waals surface area (Å²) < 4.78 is 16.4. The first-order valence-electron chi connectivity index (χ1n) is 14.0. The molecule has 2 unspecified atom stereocenters. The third-order valence-electron chi connectivity index (χ3n) is 5.90. The van der Waals surface area contributed by atoms with E-state index < -0.39 is 0 Å². The van der Waals surface area contributed by atoms with Crippen molar-refractivity contribution >= 4 is 11.9 Å². The maximum atomic E-state index is 12.0. The van der Waals surface area contributed by atoms with E-state index in [4.69, 9.17) is 14.2 Å². The lowest BCUT2D eigenvalue weighted by Crippen LogP contribution is -2.26. The molecule has 0 N–H and O–H groups in total. The number of hydrogen-bond donors (Lipinski definition) is 0. The van der Waals surface area contributed by atoms with Gasteiger partial charge < -0.3 is 14.2 Å². The van der Waals surface area contributed by atoms with Crippen molar-refractivity contribution in [2.24, 2.45) is 0 Å². The largest absolute Gasteiger partial charge is 0.463 e. The molecule has 0 aliphatic heterocycles. The molecular weight excluding hydrogens is 416 g/mol. The topological polar surface area (TPSA) is 61.8 Å². The second kappa shape index (κ2) is 24.0. The van der Waals surface area contributed by atoms with Crippen LogP contribution in [0.15, 0.2) is 0 Å². The van der Waals surface area contributed by atoms with Crippen LogP contribution in [0.5, 0.6) is 0 Å². The summed E-state index contributed by atoms with van der Waals surface area (Å²) in [5, 5.41) is 0. The molecule has 0 aliphatic carbocycles. The number of unbranched alkanes of at least 4 members (excludes halogenated alkanes) is 14. The maximum Gasteiger partial charge on any atom is 0.306 e. The Morgan fingerprint density at radius 2 is 0.970 bits per heavy atom. The predicted molar refractivity (Wildman–Crippen MR) is 136 cm³/mol. The van der Waals surface area contributed by atoms with Crippen molar-refractivity contribution < 1.29 is 23.8 Å². The summed E-state index contributed by atoms with van der Waals surface area (Å²) in [6.07, 6.45) is 19.8. The molecule has 0 aliphatic rings. The van der Waals surface area contributed by atoms with Crippen LogP contribution >= 0.6 is 0 Å². The lowest BCUT2D eigenvalue weighted by Gasteiger charge is -2.18. The molecule has 196 valence electrons. The van der Waals surface area contributed by atoms with Crippen molar-refractivity contribution in [2.45, 2.75) is 155 Å². The van der Waals surface area contributed by atoms with Crippen molar-refractivity contribution in [1.82, 2.24) is 0 Å². The lowest BCUT2D eigenvalue weighted by molar-refractivity contribution is -0.154. The number of carbonyl (C=O) groups excluding carboxylic acids is 2. The highest BCUT2D eigenvalue weighted by atomic mass is 16.6. The molecule has 33 heavy (non-hydrogen) atoms.